The Bertz CT molecular complexity index is 1320. The Morgan fingerprint density at radius 2 is 0.714 bits per heavy atom. The van der Waals surface area contributed by atoms with Crippen LogP contribution in [0.5, 0.6) is 0 Å². The summed E-state index contributed by atoms with van der Waals surface area (Å²) in [6.45, 7) is 0. The maximum Gasteiger partial charge on any atom is 0.0193 e. The Kier molecular flexibility index (Phi) is 3.69. The van der Waals surface area contributed by atoms with Gasteiger partial charge in [-0.3, -0.25) is 0 Å². The lowest BCUT2D eigenvalue weighted by molar-refractivity contribution is 1.76. The van der Waals surface area contributed by atoms with Crippen LogP contribution >= 0.6 is 15.1 Å². The average molecular weight is 392 g/mol. The second-order valence-corrected chi connectivity index (χ2v) is 11.3. The second-order valence-electron chi connectivity index (χ2n) is 7.07. The highest BCUT2D eigenvalue weighted by Crippen LogP contribution is 2.66. The van der Waals surface area contributed by atoms with Gasteiger partial charge >= 0.3 is 0 Å². The molecule has 2 aromatic heterocycles. The molecule has 0 saturated heterocycles. The molecule has 0 N–H and O–H groups in total. The zero-order valence-corrected chi connectivity index (χ0v) is 17.1. The van der Waals surface area contributed by atoms with E-state index in [1.807, 2.05) is 0 Å². The van der Waals surface area contributed by atoms with Crippen LogP contribution in [0.15, 0.2) is 109 Å². The molecule has 0 spiro atoms. The normalized spacial score (nSPS) is 12.9. The smallest absolute Gasteiger partial charge is 0.0193 e. The van der Waals surface area contributed by atoms with E-state index in [1.165, 1.54) is 31.6 Å². The quantitative estimate of drug-likeness (QED) is 0.276. The van der Waals surface area contributed by atoms with Gasteiger partial charge in [-0.05, 0) is 21.4 Å². The summed E-state index contributed by atoms with van der Waals surface area (Å²) >= 11 is 0. The van der Waals surface area contributed by atoms with Gasteiger partial charge in [-0.1, -0.05) is 124 Å². The first-order chi connectivity index (χ1) is 13.9. The van der Waals surface area contributed by atoms with E-state index in [1.54, 1.807) is 10.2 Å². The molecule has 6 aromatic rings. The molecule has 4 aromatic carbocycles. The van der Waals surface area contributed by atoms with Crippen molar-refractivity contribution in [3.05, 3.63) is 109 Å². The maximum absolute atomic E-state index is 2.35. The van der Waals surface area contributed by atoms with Crippen LogP contribution in [0.1, 0.15) is 0 Å². The van der Waals surface area contributed by atoms with Gasteiger partial charge in [0.1, 0.15) is 0 Å². The summed E-state index contributed by atoms with van der Waals surface area (Å²) in [5.74, 6) is 0. The summed E-state index contributed by atoms with van der Waals surface area (Å²) < 4.78 is 0. The van der Waals surface area contributed by atoms with E-state index in [-0.39, 0.29) is 0 Å². The third kappa shape index (κ3) is 2.26. The van der Waals surface area contributed by atoms with Crippen molar-refractivity contribution >= 4 is 46.3 Å². The number of hydrogen-bond donors (Lipinski definition) is 0. The Labute approximate surface area is 166 Å². The minimum atomic E-state index is -0.504. The minimum absolute atomic E-state index is 0.504. The first kappa shape index (κ1) is 16.2. The van der Waals surface area contributed by atoms with Gasteiger partial charge in [-0.25, -0.2) is 0 Å². The Hall–Kier alpha value is -2.78. The fourth-order valence-corrected chi connectivity index (χ4v) is 10.5. The topological polar surface area (TPSA) is 0 Å². The summed E-state index contributed by atoms with van der Waals surface area (Å²) in [5.41, 5.74) is 0. The molecular weight excluding hydrogens is 374 g/mol. The molecule has 2 heterocycles. The molecule has 2 unspecified atom stereocenters. The predicted octanol–water partition coefficient (Wildman–Crippen LogP) is 9.10. The lowest BCUT2D eigenvalue weighted by Gasteiger charge is -2.05. The second kappa shape index (κ2) is 6.39. The molecule has 0 saturated carbocycles. The predicted molar refractivity (Wildman–Crippen MR) is 127 cm³/mol. The molecule has 0 aliphatic carbocycles. The Morgan fingerprint density at radius 1 is 0.357 bits per heavy atom. The molecule has 0 radical (unpaired) electrons. The van der Waals surface area contributed by atoms with Crippen LogP contribution in [0.2, 0.25) is 0 Å². The minimum Gasteiger partial charge on any atom is -0.0762 e. The highest BCUT2D eigenvalue weighted by Gasteiger charge is 2.22. The van der Waals surface area contributed by atoms with Crippen LogP contribution in [0.25, 0.3) is 41.9 Å². The molecule has 6 rings (SSSR count). The Morgan fingerprint density at radius 3 is 1.14 bits per heavy atom. The standard InChI is InChI=1S/C26H18P2/c1-3-11-19(12-4-1)27-23-17-9-7-15-21(23)26-25(27)22-16-8-10-18-24(22)28(26)20-13-5-2-6-14-20/h1-18H. The van der Waals surface area contributed by atoms with Crippen LogP contribution < -0.4 is 0 Å². The molecule has 0 bridgehead atoms. The number of hydrogen-bond acceptors (Lipinski definition) is 0. The van der Waals surface area contributed by atoms with Gasteiger partial charge in [0.25, 0.3) is 0 Å². The van der Waals surface area contributed by atoms with Crippen molar-refractivity contribution in [2.75, 3.05) is 0 Å². The molecule has 0 nitrogen and oxygen atoms in total. The van der Waals surface area contributed by atoms with E-state index >= 15 is 0 Å². The zero-order valence-electron chi connectivity index (χ0n) is 15.3. The third-order valence-electron chi connectivity index (χ3n) is 5.50. The van der Waals surface area contributed by atoms with Gasteiger partial charge in [0.05, 0.1) is 0 Å². The fourth-order valence-electron chi connectivity index (χ4n) is 4.38. The molecule has 0 aliphatic heterocycles. The van der Waals surface area contributed by atoms with E-state index in [0.29, 0.717) is 0 Å². The molecular formula is C26H18P2. The molecule has 28 heavy (non-hydrogen) atoms. The first-order valence-corrected chi connectivity index (χ1v) is 12.3. The zero-order chi connectivity index (χ0) is 18.5. The van der Waals surface area contributed by atoms with Gasteiger partial charge in [0, 0.05) is 20.5 Å². The molecule has 0 amide bonds. The van der Waals surface area contributed by atoms with Gasteiger partial charge in [0.15, 0.2) is 0 Å². The molecule has 0 fully saturated rings. The highest BCUT2D eigenvalue weighted by atomic mass is 31.1. The monoisotopic (exact) mass is 392 g/mol. The number of benzene rings is 4. The van der Waals surface area contributed by atoms with E-state index in [4.69, 9.17) is 0 Å². The van der Waals surface area contributed by atoms with Crippen molar-refractivity contribution in [1.29, 1.82) is 0 Å². The maximum atomic E-state index is 2.35. The van der Waals surface area contributed by atoms with Gasteiger partial charge in [0.2, 0.25) is 0 Å². The van der Waals surface area contributed by atoms with Crippen LogP contribution in [0.3, 0.4) is 0 Å². The van der Waals surface area contributed by atoms with Crippen molar-refractivity contribution in [3.63, 3.8) is 0 Å². The molecule has 132 valence electrons. The fraction of sp³-hybridized carbons (Fsp3) is 0. The Balaban J connectivity index is 1.91. The van der Waals surface area contributed by atoms with Crippen molar-refractivity contribution < 1.29 is 0 Å². The van der Waals surface area contributed by atoms with Crippen molar-refractivity contribution in [3.8, 4) is 10.6 Å². The van der Waals surface area contributed by atoms with Crippen molar-refractivity contribution in [2.45, 2.75) is 0 Å². The third-order valence-corrected chi connectivity index (χ3v) is 10.9. The number of rotatable bonds is 2. The molecule has 2 heteroatoms. The van der Waals surface area contributed by atoms with Crippen molar-refractivity contribution in [2.24, 2.45) is 0 Å². The van der Waals surface area contributed by atoms with Crippen LogP contribution in [0, 0.1) is 0 Å². The van der Waals surface area contributed by atoms with Crippen LogP contribution in [-0.4, -0.2) is 0 Å². The summed E-state index contributed by atoms with van der Waals surface area (Å²) in [6.07, 6.45) is 0. The summed E-state index contributed by atoms with van der Waals surface area (Å²) in [6, 6.07) is 40.4. The van der Waals surface area contributed by atoms with Crippen LogP contribution in [-0.2, 0) is 0 Å². The van der Waals surface area contributed by atoms with Crippen LogP contribution in [0.4, 0.5) is 0 Å². The van der Waals surface area contributed by atoms with E-state index in [9.17, 15) is 0 Å². The van der Waals surface area contributed by atoms with E-state index in [0.717, 1.165) is 0 Å². The SMILES string of the molecule is c1ccc(-p2c3ccccc3c3c2c2ccccc2p3-c2ccccc2)cc1. The lowest BCUT2D eigenvalue weighted by atomic mass is 10.2. The van der Waals surface area contributed by atoms with Gasteiger partial charge in [-0.2, -0.15) is 0 Å². The van der Waals surface area contributed by atoms with E-state index < -0.39 is 15.1 Å². The van der Waals surface area contributed by atoms with Gasteiger partial charge in [-0.15, -0.1) is 0 Å². The van der Waals surface area contributed by atoms with Crippen molar-refractivity contribution in [1.82, 2.24) is 0 Å². The van der Waals surface area contributed by atoms with Gasteiger partial charge < -0.3 is 0 Å². The average Bonchev–Trinajstić information content (AvgIpc) is 3.28. The first-order valence-electron chi connectivity index (χ1n) is 9.57. The lowest BCUT2D eigenvalue weighted by Crippen LogP contribution is -1.68. The highest BCUT2D eigenvalue weighted by molar-refractivity contribution is 7.75. The number of fused-ring (bicyclic) bond motifs is 5. The summed E-state index contributed by atoms with van der Waals surface area (Å²) in [4.78, 5) is 0. The molecule has 0 aliphatic rings. The summed E-state index contributed by atoms with van der Waals surface area (Å²) in [5, 5.41) is 12.1. The summed E-state index contributed by atoms with van der Waals surface area (Å²) in [7, 11) is -1.01. The largest absolute Gasteiger partial charge is 0.0762 e. The molecule has 2 atom stereocenters. The van der Waals surface area contributed by atoms with E-state index in [2.05, 4.69) is 109 Å².